The monoisotopic (exact) mass is 630 g/mol. The molecule has 0 aliphatic heterocycles. The number of hydrogen-bond donors (Lipinski definition) is 0. The maximum atomic E-state index is 17.7. The van der Waals surface area contributed by atoms with E-state index < -0.39 is 5.41 Å². The van der Waals surface area contributed by atoms with Crippen molar-refractivity contribution < 1.29 is 8.78 Å². The summed E-state index contributed by atoms with van der Waals surface area (Å²) in [6.07, 6.45) is 15.9. The van der Waals surface area contributed by atoms with Crippen molar-refractivity contribution in [3.05, 3.63) is 58.2 Å². The molecule has 3 aromatic carbocycles. The van der Waals surface area contributed by atoms with Crippen LogP contribution in [0.2, 0.25) is 0 Å². The molecular weight excluding hydrogens is 591 g/mol. The van der Waals surface area contributed by atoms with E-state index in [9.17, 15) is 0 Å². The first-order chi connectivity index (χ1) is 21.6. The van der Waals surface area contributed by atoms with Crippen molar-refractivity contribution in [3.8, 4) is 22.3 Å². The largest absolute Gasteiger partial charge is 0.206 e. The van der Waals surface area contributed by atoms with Gasteiger partial charge in [0.1, 0.15) is 33.7 Å². The third-order valence-corrected chi connectivity index (χ3v) is 11.3. The third kappa shape index (κ3) is 4.79. The SMILES string of the molecule is CCCCCCCCC1(CCCCCCCC)c2ccc3nsnc3c2-c2c(F)c3c(c(F)c21)-c1c(ccc2nsnc12)C3. The highest BCUT2D eigenvalue weighted by atomic mass is 32.1. The molecule has 230 valence electrons. The molecule has 0 radical (unpaired) electrons. The van der Waals surface area contributed by atoms with Crippen molar-refractivity contribution in [1.29, 1.82) is 0 Å². The van der Waals surface area contributed by atoms with E-state index in [1.807, 2.05) is 18.2 Å². The first kappa shape index (κ1) is 29.8. The van der Waals surface area contributed by atoms with Gasteiger partial charge in [-0.2, -0.15) is 17.5 Å². The molecule has 0 spiro atoms. The van der Waals surface area contributed by atoms with Gasteiger partial charge < -0.3 is 0 Å². The average molecular weight is 631 g/mol. The lowest BCUT2D eigenvalue weighted by molar-refractivity contribution is 0.384. The molecule has 0 amide bonds. The van der Waals surface area contributed by atoms with Crippen LogP contribution in [0.1, 0.15) is 126 Å². The van der Waals surface area contributed by atoms with Crippen molar-refractivity contribution in [3.63, 3.8) is 0 Å². The lowest BCUT2D eigenvalue weighted by atomic mass is 9.69. The molecule has 2 aliphatic carbocycles. The Balaban J connectivity index is 1.41. The summed E-state index contributed by atoms with van der Waals surface area (Å²) >= 11 is 2.28. The molecule has 2 heterocycles. The van der Waals surface area contributed by atoms with E-state index in [4.69, 9.17) is 0 Å². The van der Waals surface area contributed by atoms with Gasteiger partial charge in [0, 0.05) is 45.2 Å². The molecule has 2 aliphatic rings. The summed E-state index contributed by atoms with van der Waals surface area (Å²) in [4.78, 5) is 0. The quantitative estimate of drug-likeness (QED) is 0.112. The zero-order chi connectivity index (χ0) is 30.3. The molecule has 0 saturated heterocycles. The first-order valence-electron chi connectivity index (χ1n) is 16.7. The standard InChI is InChI=1S/C36H40F2N4S2/c1-3-5-7-9-11-13-19-36(20-14-12-10-8-6-4-2)24-16-18-26-35(42-44-40-26)29(24)30-31(36)33(38)28-23(32(30)37)21-22-15-17-25-34(27(22)28)41-43-39-25/h15-18H,3-14,19-21H2,1-2H3. The van der Waals surface area contributed by atoms with Gasteiger partial charge in [0.25, 0.3) is 0 Å². The predicted molar refractivity (Wildman–Crippen MR) is 179 cm³/mol. The molecule has 0 unspecified atom stereocenters. The Kier molecular flexibility index (Phi) is 8.49. The molecule has 0 atom stereocenters. The van der Waals surface area contributed by atoms with Gasteiger partial charge in [-0.15, -0.1) is 0 Å². The summed E-state index contributed by atoms with van der Waals surface area (Å²) in [6.45, 7) is 4.47. The number of fused-ring (bicyclic) bond motifs is 10. The highest BCUT2D eigenvalue weighted by Crippen LogP contribution is 2.60. The summed E-state index contributed by atoms with van der Waals surface area (Å²) < 4.78 is 53.0. The molecule has 0 bridgehead atoms. The van der Waals surface area contributed by atoms with Gasteiger partial charge in [0.2, 0.25) is 0 Å². The number of halogens is 2. The number of nitrogens with zero attached hydrogens (tertiary/aromatic N) is 4. The molecule has 0 fully saturated rings. The van der Waals surface area contributed by atoms with E-state index in [1.165, 1.54) is 51.4 Å². The Morgan fingerprint density at radius 2 is 1.18 bits per heavy atom. The van der Waals surface area contributed by atoms with Crippen molar-refractivity contribution in [2.75, 3.05) is 0 Å². The maximum absolute atomic E-state index is 17.7. The van der Waals surface area contributed by atoms with E-state index >= 15 is 8.78 Å². The normalized spacial score (nSPS) is 14.4. The zero-order valence-corrected chi connectivity index (χ0v) is 27.4. The van der Waals surface area contributed by atoms with Gasteiger partial charge >= 0.3 is 0 Å². The topological polar surface area (TPSA) is 51.6 Å². The summed E-state index contributed by atoms with van der Waals surface area (Å²) in [5.74, 6) is -0.557. The van der Waals surface area contributed by atoms with Crippen LogP contribution in [-0.4, -0.2) is 17.5 Å². The van der Waals surface area contributed by atoms with E-state index in [2.05, 4.69) is 37.4 Å². The van der Waals surface area contributed by atoms with Crippen molar-refractivity contribution in [1.82, 2.24) is 17.5 Å². The van der Waals surface area contributed by atoms with Crippen LogP contribution in [0.3, 0.4) is 0 Å². The van der Waals surface area contributed by atoms with Crippen molar-refractivity contribution in [2.45, 2.75) is 116 Å². The fourth-order valence-electron chi connectivity index (χ4n) is 8.05. The summed E-state index contributed by atoms with van der Waals surface area (Å²) in [6, 6.07) is 8.03. The lowest BCUT2D eigenvalue weighted by Gasteiger charge is -2.33. The van der Waals surface area contributed by atoms with Crippen LogP contribution in [0.4, 0.5) is 8.78 Å². The summed E-state index contributed by atoms with van der Waals surface area (Å²) in [7, 11) is 0. The molecule has 2 aromatic heterocycles. The Hall–Kier alpha value is -2.84. The second-order valence-corrected chi connectivity index (χ2v) is 13.9. The molecule has 0 saturated carbocycles. The smallest absolute Gasteiger partial charge is 0.136 e. The van der Waals surface area contributed by atoms with Crippen LogP contribution in [-0.2, 0) is 11.8 Å². The van der Waals surface area contributed by atoms with Crippen LogP contribution in [0.25, 0.3) is 44.3 Å². The first-order valence-corrected chi connectivity index (χ1v) is 18.1. The highest BCUT2D eigenvalue weighted by Gasteiger charge is 2.49. The highest BCUT2D eigenvalue weighted by molar-refractivity contribution is 7.00. The average Bonchev–Trinajstić information content (AvgIpc) is 3.82. The van der Waals surface area contributed by atoms with Crippen molar-refractivity contribution >= 4 is 45.5 Å². The number of rotatable bonds is 14. The lowest BCUT2D eigenvalue weighted by Crippen LogP contribution is -2.27. The second-order valence-electron chi connectivity index (χ2n) is 12.9. The molecule has 0 N–H and O–H groups in total. The van der Waals surface area contributed by atoms with E-state index in [0.29, 0.717) is 39.7 Å². The number of hydrogen-bond acceptors (Lipinski definition) is 6. The van der Waals surface area contributed by atoms with Crippen LogP contribution in [0, 0.1) is 11.6 Å². The van der Waals surface area contributed by atoms with Gasteiger partial charge in [-0.1, -0.05) is 103 Å². The number of unbranched alkanes of at least 4 members (excludes halogenated alkanes) is 10. The van der Waals surface area contributed by atoms with Gasteiger partial charge in [0.05, 0.1) is 23.5 Å². The predicted octanol–water partition coefficient (Wildman–Crippen LogP) is 11.3. The van der Waals surface area contributed by atoms with E-state index in [0.717, 1.165) is 95.3 Å². The molecule has 44 heavy (non-hydrogen) atoms. The Labute approximate surface area is 267 Å². The molecule has 4 nitrogen and oxygen atoms in total. The van der Waals surface area contributed by atoms with E-state index in [1.54, 1.807) is 0 Å². The summed E-state index contributed by atoms with van der Waals surface area (Å²) in [5.41, 5.74) is 7.61. The molecule has 5 aromatic rings. The Morgan fingerprint density at radius 1 is 0.614 bits per heavy atom. The maximum Gasteiger partial charge on any atom is 0.136 e. The van der Waals surface area contributed by atoms with Crippen LogP contribution >= 0.6 is 23.5 Å². The molecule has 8 heteroatoms. The minimum Gasteiger partial charge on any atom is -0.206 e. The zero-order valence-electron chi connectivity index (χ0n) is 25.8. The molecular formula is C36H40F2N4S2. The van der Waals surface area contributed by atoms with Crippen molar-refractivity contribution in [2.24, 2.45) is 0 Å². The number of aromatic nitrogens is 4. The number of benzene rings is 3. The van der Waals surface area contributed by atoms with Crippen LogP contribution in [0.15, 0.2) is 24.3 Å². The van der Waals surface area contributed by atoms with Gasteiger partial charge in [-0.3, -0.25) is 0 Å². The fourth-order valence-corrected chi connectivity index (χ4v) is 9.14. The minimum atomic E-state index is -0.602. The van der Waals surface area contributed by atoms with Gasteiger partial charge in [0.15, 0.2) is 0 Å². The molecule has 7 rings (SSSR count). The Morgan fingerprint density at radius 3 is 1.82 bits per heavy atom. The summed E-state index contributed by atoms with van der Waals surface area (Å²) in [5, 5.41) is 0. The van der Waals surface area contributed by atoms with Crippen LogP contribution in [0.5, 0.6) is 0 Å². The minimum absolute atomic E-state index is 0.264. The van der Waals surface area contributed by atoms with E-state index in [-0.39, 0.29) is 11.6 Å². The van der Waals surface area contributed by atoms with Crippen LogP contribution < -0.4 is 0 Å². The third-order valence-electron chi connectivity index (χ3n) is 10.2. The fraction of sp³-hybridized carbons (Fsp3) is 0.500. The van der Waals surface area contributed by atoms with Gasteiger partial charge in [-0.25, -0.2) is 8.78 Å². The second kappa shape index (κ2) is 12.5. The van der Waals surface area contributed by atoms with Gasteiger partial charge in [-0.05, 0) is 36.1 Å². The Bertz CT molecular complexity index is 1810.